The molecule has 2 unspecified atom stereocenters. The highest BCUT2D eigenvalue weighted by atomic mass is 16.2. The van der Waals surface area contributed by atoms with Crippen molar-refractivity contribution >= 4 is 11.9 Å². The van der Waals surface area contributed by atoms with Gasteiger partial charge in [0.15, 0.2) is 0 Å². The fourth-order valence-electron chi connectivity index (χ4n) is 2.77. The molecule has 0 spiro atoms. The standard InChI is InChI=1S/C18H28N4O2/c1-13(2)16(17(23)20-12-15-9-6-10-19-15)22-18(24)21-11-14-7-4-3-5-8-14/h3-5,7-8,13,15-16,19H,6,9-12H2,1-2H3,(H,20,23)(H2,21,22,24). The summed E-state index contributed by atoms with van der Waals surface area (Å²) in [6, 6.07) is 9.15. The van der Waals surface area contributed by atoms with Crippen LogP contribution in [0.3, 0.4) is 0 Å². The molecule has 1 heterocycles. The molecular formula is C18H28N4O2. The van der Waals surface area contributed by atoms with Gasteiger partial charge in [0.25, 0.3) is 0 Å². The highest BCUT2D eigenvalue weighted by Crippen LogP contribution is 2.05. The summed E-state index contributed by atoms with van der Waals surface area (Å²) in [6.45, 7) is 5.90. The Morgan fingerprint density at radius 2 is 1.96 bits per heavy atom. The molecule has 1 aromatic carbocycles. The average molecular weight is 332 g/mol. The van der Waals surface area contributed by atoms with Crippen molar-refractivity contribution in [1.82, 2.24) is 21.3 Å². The number of amides is 3. The van der Waals surface area contributed by atoms with Gasteiger partial charge in [-0.15, -0.1) is 0 Å². The van der Waals surface area contributed by atoms with Crippen molar-refractivity contribution in [2.75, 3.05) is 13.1 Å². The Morgan fingerprint density at radius 3 is 2.58 bits per heavy atom. The van der Waals surface area contributed by atoms with Crippen LogP contribution in [-0.2, 0) is 11.3 Å². The lowest BCUT2D eigenvalue weighted by Crippen LogP contribution is -2.53. The predicted octanol–water partition coefficient (Wildman–Crippen LogP) is 1.38. The van der Waals surface area contributed by atoms with Crippen molar-refractivity contribution in [1.29, 1.82) is 0 Å². The number of hydrogen-bond acceptors (Lipinski definition) is 3. The number of nitrogens with one attached hydrogen (secondary N) is 4. The Kier molecular flexibility index (Phi) is 7.06. The number of urea groups is 1. The van der Waals surface area contributed by atoms with E-state index in [4.69, 9.17) is 0 Å². The van der Waals surface area contributed by atoms with E-state index in [1.54, 1.807) is 0 Å². The lowest BCUT2D eigenvalue weighted by Gasteiger charge is -2.23. The first-order chi connectivity index (χ1) is 11.6. The number of rotatable bonds is 7. The summed E-state index contributed by atoms with van der Waals surface area (Å²) in [7, 11) is 0. The molecule has 0 aromatic heterocycles. The molecule has 2 atom stereocenters. The van der Waals surface area contributed by atoms with E-state index in [-0.39, 0.29) is 17.9 Å². The third-order valence-corrected chi connectivity index (χ3v) is 4.22. The molecule has 0 bridgehead atoms. The molecule has 1 saturated heterocycles. The smallest absolute Gasteiger partial charge is 0.315 e. The van der Waals surface area contributed by atoms with Gasteiger partial charge in [0.1, 0.15) is 6.04 Å². The number of benzene rings is 1. The fourth-order valence-corrected chi connectivity index (χ4v) is 2.77. The van der Waals surface area contributed by atoms with Gasteiger partial charge in [0.2, 0.25) is 5.91 Å². The van der Waals surface area contributed by atoms with Crippen LogP contribution in [0.5, 0.6) is 0 Å². The Hall–Kier alpha value is -2.08. The van der Waals surface area contributed by atoms with Crippen molar-refractivity contribution in [3.8, 4) is 0 Å². The Bertz CT molecular complexity index is 527. The minimum Gasteiger partial charge on any atom is -0.353 e. The van der Waals surface area contributed by atoms with Crippen LogP contribution in [0.25, 0.3) is 0 Å². The summed E-state index contributed by atoms with van der Waals surface area (Å²) < 4.78 is 0. The number of carbonyl (C=O) groups is 2. The van der Waals surface area contributed by atoms with Gasteiger partial charge in [0, 0.05) is 19.1 Å². The second-order valence-electron chi connectivity index (χ2n) is 6.57. The molecule has 1 aliphatic rings. The molecule has 0 saturated carbocycles. The summed E-state index contributed by atoms with van der Waals surface area (Å²) in [6.07, 6.45) is 2.23. The minimum atomic E-state index is -0.540. The summed E-state index contributed by atoms with van der Waals surface area (Å²) in [4.78, 5) is 24.5. The maximum absolute atomic E-state index is 12.4. The summed E-state index contributed by atoms with van der Waals surface area (Å²) >= 11 is 0. The van der Waals surface area contributed by atoms with E-state index in [1.807, 2.05) is 44.2 Å². The first-order valence-corrected chi connectivity index (χ1v) is 8.65. The molecule has 3 amide bonds. The maximum atomic E-state index is 12.4. The zero-order chi connectivity index (χ0) is 17.4. The van der Waals surface area contributed by atoms with E-state index >= 15 is 0 Å². The van der Waals surface area contributed by atoms with Crippen LogP contribution >= 0.6 is 0 Å². The Labute approximate surface area is 143 Å². The number of carbonyl (C=O) groups excluding carboxylic acids is 2. The molecule has 1 fully saturated rings. The van der Waals surface area contributed by atoms with Crippen molar-refractivity contribution in [2.24, 2.45) is 5.92 Å². The molecule has 24 heavy (non-hydrogen) atoms. The average Bonchev–Trinajstić information content (AvgIpc) is 3.10. The molecule has 4 N–H and O–H groups in total. The van der Waals surface area contributed by atoms with E-state index in [2.05, 4.69) is 21.3 Å². The third-order valence-electron chi connectivity index (χ3n) is 4.22. The zero-order valence-corrected chi connectivity index (χ0v) is 14.5. The second kappa shape index (κ2) is 9.27. The molecule has 0 radical (unpaired) electrons. The Morgan fingerprint density at radius 1 is 1.21 bits per heavy atom. The zero-order valence-electron chi connectivity index (χ0n) is 14.5. The largest absolute Gasteiger partial charge is 0.353 e. The van der Waals surface area contributed by atoms with E-state index < -0.39 is 6.04 Å². The molecular weight excluding hydrogens is 304 g/mol. The highest BCUT2D eigenvalue weighted by molar-refractivity contribution is 5.87. The predicted molar refractivity (Wildman–Crippen MR) is 94.5 cm³/mol. The molecule has 0 aliphatic carbocycles. The third kappa shape index (κ3) is 5.85. The molecule has 132 valence electrons. The van der Waals surface area contributed by atoms with E-state index in [0.29, 0.717) is 19.1 Å². The normalized spacial score (nSPS) is 18.2. The van der Waals surface area contributed by atoms with Crippen molar-refractivity contribution in [3.05, 3.63) is 35.9 Å². The lowest BCUT2D eigenvalue weighted by molar-refractivity contribution is -0.123. The van der Waals surface area contributed by atoms with Crippen molar-refractivity contribution < 1.29 is 9.59 Å². The molecule has 1 aromatic rings. The van der Waals surface area contributed by atoms with Gasteiger partial charge in [0.05, 0.1) is 0 Å². The highest BCUT2D eigenvalue weighted by Gasteiger charge is 2.25. The molecule has 6 heteroatoms. The quantitative estimate of drug-likeness (QED) is 0.609. The van der Waals surface area contributed by atoms with Crippen LogP contribution in [0.15, 0.2) is 30.3 Å². The van der Waals surface area contributed by atoms with Crippen LogP contribution in [0, 0.1) is 5.92 Å². The van der Waals surface area contributed by atoms with E-state index in [9.17, 15) is 9.59 Å². The van der Waals surface area contributed by atoms with E-state index in [1.165, 1.54) is 0 Å². The van der Waals surface area contributed by atoms with Gasteiger partial charge in [-0.1, -0.05) is 44.2 Å². The lowest BCUT2D eigenvalue weighted by atomic mass is 10.0. The van der Waals surface area contributed by atoms with Gasteiger partial charge >= 0.3 is 6.03 Å². The molecule has 2 rings (SSSR count). The fraction of sp³-hybridized carbons (Fsp3) is 0.556. The monoisotopic (exact) mass is 332 g/mol. The van der Waals surface area contributed by atoms with Gasteiger partial charge in [-0.2, -0.15) is 0 Å². The van der Waals surface area contributed by atoms with Crippen LogP contribution in [0.2, 0.25) is 0 Å². The van der Waals surface area contributed by atoms with Crippen molar-refractivity contribution in [2.45, 2.75) is 45.3 Å². The summed E-state index contributed by atoms with van der Waals surface area (Å²) in [5.41, 5.74) is 1.02. The van der Waals surface area contributed by atoms with Gasteiger partial charge in [-0.3, -0.25) is 4.79 Å². The number of hydrogen-bond donors (Lipinski definition) is 4. The topological polar surface area (TPSA) is 82.3 Å². The summed E-state index contributed by atoms with van der Waals surface area (Å²) in [5, 5.41) is 11.9. The summed E-state index contributed by atoms with van der Waals surface area (Å²) in [5.74, 6) is -0.113. The maximum Gasteiger partial charge on any atom is 0.315 e. The minimum absolute atomic E-state index is 0.0176. The van der Waals surface area contributed by atoms with Crippen molar-refractivity contribution in [3.63, 3.8) is 0 Å². The van der Waals surface area contributed by atoms with Crippen LogP contribution < -0.4 is 21.3 Å². The SMILES string of the molecule is CC(C)C(NC(=O)NCc1ccccc1)C(=O)NCC1CCCN1. The van der Waals surface area contributed by atoms with Gasteiger partial charge in [-0.05, 0) is 30.9 Å². The molecule has 6 nitrogen and oxygen atoms in total. The van der Waals surface area contributed by atoms with Gasteiger partial charge < -0.3 is 21.3 Å². The van der Waals surface area contributed by atoms with Gasteiger partial charge in [-0.25, -0.2) is 4.79 Å². The molecule has 1 aliphatic heterocycles. The van der Waals surface area contributed by atoms with Crippen LogP contribution in [0.1, 0.15) is 32.3 Å². The van der Waals surface area contributed by atoms with Crippen LogP contribution in [-0.4, -0.2) is 37.1 Å². The van der Waals surface area contributed by atoms with Crippen LogP contribution in [0.4, 0.5) is 4.79 Å². The second-order valence-corrected chi connectivity index (χ2v) is 6.57. The van der Waals surface area contributed by atoms with E-state index in [0.717, 1.165) is 24.9 Å². The first kappa shape index (κ1) is 18.3. The Balaban J connectivity index is 1.78. The first-order valence-electron chi connectivity index (χ1n) is 8.65.